The van der Waals surface area contributed by atoms with Crippen LogP contribution in [0.2, 0.25) is 0 Å². The Balaban J connectivity index is 1.90. The predicted octanol–water partition coefficient (Wildman–Crippen LogP) is 3.17. The molecule has 2 aromatic carbocycles. The molecule has 150 valence electrons. The Hall–Kier alpha value is -3.45. The number of carbonyl (C=O) groups excluding carboxylic acids is 2. The van der Waals surface area contributed by atoms with E-state index in [1.54, 1.807) is 42.5 Å². The maximum atomic E-state index is 14.2. The molecular formula is C22H21FN2O4. The first-order valence-electron chi connectivity index (χ1n) is 9.09. The summed E-state index contributed by atoms with van der Waals surface area (Å²) in [7, 11) is 1.38. The molecular weight excluding hydrogens is 375 g/mol. The van der Waals surface area contributed by atoms with Crippen LogP contribution in [-0.2, 0) is 9.59 Å². The molecule has 0 aromatic heterocycles. The number of benzene rings is 2. The third-order valence-electron chi connectivity index (χ3n) is 4.40. The second-order valence-corrected chi connectivity index (χ2v) is 6.63. The van der Waals surface area contributed by atoms with Crippen molar-refractivity contribution < 1.29 is 23.9 Å². The minimum atomic E-state index is -0.630. The van der Waals surface area contributed by atoms with Gasteiger partial charge in [-0.05, 0) is 53.8 Å². The summed E-state index contributed by atoms with van der Waals surface area (Å²) in [5.74, 6) is -1.33. The van der Waals surface area contributed by atoms with Gasteiger partial charge in [-0.1, -0.05) is 30.3 Å². The number of amides is 2. The van der Waals surface area contributed by atoms with Crippen molar-refractivity contribution in [3.63, 3.8) is 0 Å². The molecule has 1 aliphatic carbocycles. The molecule has 2 amide bonds. The van der Waals surface area contributed by atoms with E-state index >= 15 is 0 Å². The number of carbonyl (C=O) groups is 2. The van der Waals surface area contributed by atoms with Crippen molar-refractivity contribution in [1.29, 1.82) is 0 Å². The molecule has 7 heteroatoms. The van der Waals surface area contributed by atoms with E-state index < -0.39 is 11.7 Å². The maximum Gasteiger partial charge on any atom is 0.267 e. The van der Waals surface area contributed by atoms with Gasteiger partial charge in [0.15, 0.2) is 11.6 Å². The minimum Gasteiger partial charge on any atom is -0.494 e. The lowest BCUT2D eigenvalue weighted by atomic mass is 10.0. The van der Waals surface area contributed by atoms with Gasteiger partial charge in [0.05, 0.1) is 7.11 Å². The summed E-state index contributed by atoms with van der Waals surface area (Å²) >= 11 is 0. The van der Waals surface area contributed by atoms with Gasteiger partial charge >= 0.3 is 0 Å². The van der Waals surface area contributed by atoms with Crippen molar-refractivity contribution in [3.05, 3.63) is 71.0 Å². The highest BCUT2D eigenvalue weighted by atomic mass is 19.1. The predicted molar refractivity (Wildman–Crippen MR) is 107 cm³/mol. The highest BCUT2D eigenvalue weighted by Gasteiger charge is 2.25. The molecule has 0 saturated heterocycles. The van der Waals surface area contributed by atoms with E-state index in [0.717, 1.165) is 24.0 Å². The zero-order valence-electron chi connectivity index (χ0n) is 15.8. The summed E-state index contributed by atoms with van der Waals surface area (Å²) in [5.41, 5.74) is 3.80. The molecule has 3 N–H and O–H groups in total. The number of methoxy groups -OCH3 is 1. The normalized spacial score (nSPS) is 14.0. The SMILES string of the molecule is COc1ccc(/C(=C\c2ccc(/C=C/C(=O)NO)cc2)C(=O)NC2CC2)cc1F. The fourth-order valence-electron chi connectivity index (χ4n) is 2.68. The molecule has 0 unspecified atom stereocenters. The van der Waals surface area contributed by atoms with E-state index in [4.69, 9.17) is 9.94 Å². The molecule has 0 heterocycles. The zero-order chi connectivity index (χ0) is 20.8. The molecule has 2 aromatic rings. The third-order valence-corrected chi connectivity index (χ3v) is 4.40. The minimum absolute atomic E-state index is 0.110. The van der Waals surface area contributed by atoms with Crippen LogP contribution in [0.5, 0.6) is 5.75 Å². The average molecular weight is 396 g/mol. The molecule has 0 atom stereocenters. The molecule has 0 radical (unpaired) electrons. The summed E-state index contributed by atoms with van der Waals surface area (Å²) in [5, 5.41) is 11.4. The Labute approximate surface area is 167 Å². The van der Waals surface area contributed by atoms with Gasteiger partial charge in [0, 0.05) is 17.7 Å². The fourth-order valence-corrected chi connectivity index (χ4v) is 2.68. The molecule has 1 aliphatic rings. The topological polar surface area (TPSA) is 87.7 Å². The summed E-state index contributed by atoms with van der Waals surface area (Å²) in [6.45, 7) is 0. The first-order valence-corrected chi connectivity index (χ1v) is 9.09. The van der Waals surface area contributed by atoms with Crippen molar-refractivity contribution in [2.45, 2.75) is 18.9 Å². The second-order valence-electron chi connectivity index (χ2n) is 6.63. The van der Waals surface area contributed by atoms with E-state index in [1.807, 2.05) is 0 Å². The van der Waals surface area contributed by atoms with Crippen molar-refractivity contribution in [2.75, 3.05) is 7.11 Å². The third kappa shape index (κ3) is 5.52. The monoisotopic (exact) mass is 396 g/mol. The van der Waals surface area contributed by atoms with Crippen LogP contribution in [0.15, 0.2) is 48.5 Å². The highest BCUT2D eigenvalue weighted by molar-refractivity contribution is 6.24. The summed E-state index contributed by atoms with van der Waals surface area (Å²) in [6, 6.07) is 11.7. The van der Waals surface area contributed by atoms with Gasteiger partial charge in [-0.2, -0.15) is 0 Å². The van der Waals surface area contributed by atoms with E-state index in [2.05, 4.69) is 5.32 Å². The second kappa shape index (κ2) is 9.16. The van der Waals surface area contributed by atoms with Crippen LogP contribution < -0.4 is 15.5 Å². The van der Waals surface area contributed by atoms with Crippen LogP contribution >= 0.6 is 0 Å². The van der Waals surface area contributed by atoms with Crippen LogP contribution in [0.4, 0.5) is 4.39 Å². The number of hydrogen-bond acceptors (Lipinski definition) is 4. The summed E-state index contributed by atoms with van der Waals surface area (Å²) in [4.78, 5) is 23.8. The smallest absolute Gasteiger partial charge is 0.267 e. The van der Waals surface area contributed by atoms with Gasteiger partial charge < -0.3 is 10.1 Å². The van der Waals surface area contributed by atoms with Gasteiger partial charge in [-0.25, -0.2) is 9.87 Å². The van der Waals surface area contributed by atoms with Crippen LogP contribution in [0.1, 0.15) is 29.5 Å². The standard InChI is InChI=1S/C22H21FN2O4/c1-29-20-10-7-16(13-19(20)23)18(22(27)24-17-8-9-17)12-15-4-2-14(3-5-15)6-11-21(26)25-28/h2-7,10-13,17,28H,8-9H2,1H3,(H,24,27)(H,25,26)/b11-6+,18-12+. The van der Waals surface area contributed by atoms with Crippen LogP contribution in [0, 0.1) is 5.82 Å². The van der Waals surface area contributed by atoms with Crippen LogP contribution in [0.3, 0.4) is 0 Å². The average Bonchev–Trinajstić information content (AvgIpc) is 3.54. The largest absolute Gasteiger partial charge is 0.494 e. The Bertz CT molecular complexity index is 963. The summed E-state index contributed by atoms with van der Waals surface area (Å²) in [6.07, 6.45) is 6.31. The fraction of sp³-hybridized carbons (Fsp3) is 0.182. The van der Waals surface area contributed by atoms with E-state index in [9.17, 15) is 14.0 Å². The number of hydrogen-bond donors (Lipinski definition) is 3. The molecule has 0 aliphatic heterocycles. The van der Waals surface area contributed by atoms with Gasteiger partial charge in [0.1, 0.15) is 0 Å². The number of rotatable bonds is 7. The lowest BCUT2D eigenvalue weighted by molar-refractivity contribution is -0.124. The van der Waals surface area contributed by atoms with E-state index in [-0.39, 0.29) is 17.7 Å². The Morgan fingerprint density at radius 1 is 1.14 bits per heavy atom. The van der Waals surface area contributed by atoms with Crippen molar-refractivity contribution in [1.82, 2.24) is 10.8 Å². The number of hydroxylamine groups is 1. The summed E-state index contributed by atoms with van der Waals surface area (Å²) < 4.78 is 19.1. The van der Waals surface area contributed by atoms with Crippen molar-refractivity contribution in [3.8, 4) is 5.75 Å². The lowest BCUT2D eigenvalue weighted by Crippen LogP contribution is -2.26. The molecule has 6 nitrogen and oxygen atoms in total. The van der Waals surface area contributed by atoms with E-state index in [0.29, 0.717) is 11.1 Å². The van der Waals surface area contributed by atoms with E-state index in [1.165, 1.54) is 30.8 Å². The lowest BCUT2D eigenvalue weighted by Gasteiger charge is -2.11. The first-order chi connectivity index (χ1) is 14.0. The molecule has 0 spiro atoms. The van der Waals surface area contributed by atoms with Crippen molar-refractivity contribution >= 4 is 29.5 Å². The van der Waals surface area contributed by atoms with Gasteiger partial charge in [0.25, 0.3) is 11.8 Å². The molecule has 29 heavy (non-hydrogen) atoms. The Kier molecular flexibility index (Phi) is 6.41. The quantitative estimate of drug-likeness (QED) is 0.290. The zero-order valence-corrected chi connectivity index (χ0v) is 15.8. The maximum absolute atomic E-state index is 14.2. The molecule has 0 bridgehead atoms. The molecule has 1 saturated carbocycles. The van der Waals surface area contributed by atoms with Crippen LogP contribution in [0.25, 0.3) is 17.7 Å². The Morgan fingerprint density at radius 3 is 2.41 bits per heavy atom. The molecule has 1 fully saturated rings. The highest BCUT2D eigenvalue weighted by Crippen LogP contribution is 2.26. The van der Waals surface area contributed by atoms with Crippen LogP contribution in [-0.4, -0.2) is 30.2 Å². The molecule has 3 rings (SSSR count). The van der Waals surface area contributed by atoms with Gasteiger partial charge in [-0.3, -0.25) is 14.8 Å². The van der Waals surface area contributed by atoms with Gasteiger partial charge in [0.2, 0.25) is 0 Å². The Morgan fingerprint density at radius 2 is 1.83 bits per heavy atom. The number of halogens is 1. The number of nitrogens with one attached hydrogen (secondary N) is 2. The van der Waals surface area contributed by atoms with Gasteiger partial charge in [-0.15, -0.1) is 0 Å². The number of ether oxygens (including phenoxy) is 1. The first kappa shape index (κ1) is 20.3. The van der Waals surface area contributed by atoms with Crippen molar-refractivity contribution in [2.24, 2.45) is 0 Å².